The van der Waals surface area contributed by atoms with Crippen molar-refractivity contribution in [3.8, 4) is 0 Å². The molecule has 0 N–H and O–H groups in total. The Kier molecular flexibility index (Phi) is 13.9. The summed E-state index contributed by atoms with van der Waals surface area (Å²) in [5, 5.41) is 0. The summed E-state index contributed by atoms with van der Waals surface area (Å²) in [6, 6.07) is 10.1. The van der Waals surface area contributed by atoms with Crippen molar-refractivity contribution in [3.63, 3.8) is 0 Å². The Morgan fingerprint density at radius 3 is 1.59 bits per heavy atom. The van der Waals surface area contributed by atoms with E-state index < -0.39 is 5.97 Å². The van der Waals surface area contributed by atoms with E-state index in [1.54, 1.807) is 0 Å². The summed E-state index contributed by atoms with van der Waals surface area (Å²) in [4.78, 5) is 0. The molecular formula is C29H44O3. The first-order valence-electron chi connectivity index (χ1n) is 11.7. The van der Waals surface area contributed by atoms with Gasteiger partial charge in [-0.25, -0.2) is 0 Å². The molecular weight excluding hydrogens is 396 g/mol. The number of benzene rings is 1. The molecule has 0 amide bonds. The summed E-state index contributed by atoms with van der Waals surface area (Å²) >= 11 is 0. The smallest absolute Gasteiger partial charge is 0.280 e. The molecule has 3 nitrogen and oxygen atoms in total. The van der Waals surface area contributed by atoms with E-state index in [2.05, 4.69) is 65.8 Å². The third-order valence-corrected chi connectivity index (χ3v) is 5.08. The fraction of sp³-hybridized carbons (Fsp3) is 0.517. The molecule has 0 aromatic heterocycles. The maximum atomic E-state index is 6.08. The molecule has 3 heteroatoms. The first-order chi connectivity index (χ1) is 15.2. The predicted octanol–water partition coefficient (Wildman–Crippen LogP) is 8.30. The maximum Gasteiger partial charge on any atom is 0.280 e. The Hall–Kier alpha value is -1.94. The molecule has 0 saturated carbocycles. The summed E-state index contributed by atoms with van der Waals surface area (Å²) in [5.74, 6) is -1.11. The van der Waals surface area contributed by atoms with Gasteiger partial charge in [-0.3, -0.25) is 0 Å². The Bertz CT molecular complexity index is 719. The molecule has 0 unspecified atom stereocenters. The normalized spacial score (nSPS) is 14.1. The first-order valence-corrected chi connectivity index (χ1v) is 11.7. The minimum Gasteiger partial charge on any atom is -0.323 e. The minimum atomic E-state index is -1.11. The Morgan fingerprint density at radius 1 is 0.688 bits per heavy atom. The van der Waals surface area contributed by atoms with Gasteiger partial charge in [-0.05, 0) is 72.8 Å². The molecule has 1 aromatic rings. The van der Waals surface area contributed by atoms with Crippen molar-refractivity contribution in [2.45, 2.75) is 86.7 Å². The van der Waals surface area contributed by atoms with Gasteiger partial charge in [0.2, 0.25) is 0 Å². The molecule has 0 aliphatic carbocycles. The fourth-order valence-electron chi connectivity index (χ4n) is 2.97. The Morgan fingerprint density at radius 2 is 1.16 bits per heavy atom. The zero-order chi connectivity index (χ0) is 23.8. The number of allylic oxidation sites excluding steroid dienone is 6. The molecule has 32 heavy (non-hydrogen) atoms. The van der Waals surface area contributed by atoms with Crippen LogP contribution in [0.5, 0.6) is 0 Å². The highest BCUT2D eigenvalue weighted by Gasteiger charge is 2.26. The van der Waals surface area contributed by atoms with Crippen LogP contribution in [0.3, 0.4) is 0 Å². The zero-order valence-electron chi connectivity index (χ0n) is 21.4. The molecule has 178 valence electrons. The summed E-state index contributed by atoms with van der Waals surface area (Å²) < 4.78 is 18.2. The van der Waals surface area contributed by atoms with E-state index in [0.717, 1.165) is 31.2 Å². The van der Waals surface area contributed by atoms with Crippen LogP contribution in [-0.2, 0) is 20.8 Å². The van der Waals surface area contributed by atoms with Gasteiger partial charge in [-0.1, -0.05) is 76.9 Å². The second-order valence-electron chi connectivity index (χ2n) is 9.00. The van der Waals surface area contributed by atoms with Crippen LogP contribution in [0, 0.1) is 0 Å². The summed E-state index contributed by atoms with van der Waals surface area (Å²) in [7, 11) is 0. The number of hydrogen-bond donors (Lipinski definition) is 0. The minimum absolute atomic E-state index is 0.434. The van der Waals surface area contributed by atoms with Gasteiger partial charge in [-0.2, -0.15) is 0 Å². The molecule has 0 radical (unpaired) electrons. The molecule has 0 saturated heterocycles. The molecule has 0 atom stereocenters. The molecule has 1 aromatic carbocycles. The van der Waals surface area contributed by atoms with Gasteiger partial charge in [-0.15, -0.1) is 0 Å². The third kappa shape index (κ3) is 14.2. The van der Waals surface area contributed by atoms with E-state index in [9.17, 15) is 0 Å². The van der Waals surface area contributed by atoms with Crippen LogP contribution in [0.4, 0.5) is 0 Å². The molecule has 0 bridgehead atoms. The Labute approximate surface area is 196 Å². The van der Waals surface area contributed by atoms with E-state index in [4.69, 9.17) is 14.2 Å². The van der Waals surface area contributed by atoms with Crippen molar-refractivity contribution in [2.75, 3.05) is 13.2 Å². The first kappa shape index (κ1) is 28.1. The van der Waals surface area contributed by atoms with Crippen LogP contribution in [-0.4, -0.2) is 19.2 Å². The highest BCUT2D eigenvalue weighted by atomic mass is 16.9. The maximum absolute atomic E-state index is 6.08. The van der Waals surface area contributed by atoms with Gasteiger partial charge in [0, 0.05) is 6.92 Å². The average molecular weight is 441 g/mol. The lowest BCUT2D eigenvalue weighted by atomic mass is 10.1. The van der Waals surface area contributed by atoms with E-state index in [-0.39, 0.29) is 0 Å². The monoisotopic (exact) mass is 440 g/mol. The quantitative estimate of drug-likeness (QED) is 0.203. The van der Waals surface area contributed by atoms with Crippen LogP contribution in [0.15, 0.2) is 76.9 Å². The highest BCUT2D eigenvalue weighted by Crippen LogP contribution is 2.19. The molecule has 0 aliphatic heterocycles. The number of rotatable bonds is 15. The standard InChI is InChI=1S/C29H44O3/c1-24(2)13-11-15-26(5)19-21-30-29(7,32-23-28-17-9-8-10-18-28)31-22-20-27(6)16-12-14-25(3)4/h8-10,13-14,17-20H,11-12,15-16,21-23H2,1-7H3. The van der Waals surface area contributed by atoms with Crippen molar-refractivity contribution >= 4 is 0 Å². The third-order valence-electron chi connectivity index (χ3n) is 5.08. The van der Waals surface area contributed by atoms with E-state index in [1.807, 2.05) is 37.3 Å². The molecule has 0 aliphatic rings. The van der Waals surface area contributed by atoms with Gasteiger partial charge in [0.25, 0.3) is 5.97 Å². The number of ether oxygens (including phenoxy) is 3. The lowest BCUT2D eigenvalue weighted by Gasteiger charge is -2.29. The second kappa shape index (κ2) is 15.8. The van der Waals surface area contributed by atoms with Crippen LogP contribution < -0.4 is 0 Å². The average Bonchev–Trinajstić information content (AvgIpc) is 2.72. The highest BCUT2D eigenvalue weighted by molar-refractivity contribution is 5.13. The second-order valence-corrected chi connectivity index (χ2v) is 9.00. The summed E-state index contributed by atoms with van der Waals surface area (Å²) in [6.07, 6.45) is 12.9. The van der Waals surface area contributed by atoms with Crippen molar-refractivity contribution in [2.24, 2.45) is 0 Å². The van der Waals surface area contributed by atoms with Crippen LogP contribution in [0.1, 0.15) is 79.7 Å². The van der Waals surface area contributed by atoms with E-state index in [1.165, 1.54) is 22.3 Å². The van der Waals surface area contributed by atoms with E-state index in [0.29, 0.717) is 19.8 Å². The van der Waals surface area contributed by atoms with Crippen LogP contribution >= 0.6 is 0 Å². The SMILES string of the molecule is CC(C)=CCCC(C)=CCOC(C)(OCC=C(C)CCC=C(C)C)OCc1ccccc1. The molecule has 0 spiro atoms. The van der Waals surface area contributed by atoms with Crippen LogP contribution in [0.25, 0.3) is 0 Å². The number of hydrogen-bond acceptors (Lipinski definition) is 3. The lowest BCUT2D eigenvalue weighted by Crippen LogP contribution is -2.36. The zero-order valence-corrected chi connectivity index (χ0v) is 21.4. The van der Waals surface area contributed by atoms with Crippen molar-refractivity contribution < 1.29 is 14.2 Å². The predicted molar refractivity (Wildman–Crippen MR) is 136 cm³/mol. The van der Waals surface area contributed by atoms with Gasteiger partial charge in [0.05, 0.1) is 19.8 Å². The Balaban J connectivity index is 2.66. The molecule has 1 rings (SSSR count). The van der Waals surface area contributed by atoms with Crippen molar-refractivity contribution in [1.29, 1.82) is 0 Å². The topological polar surface area (TPSA) is 27.7 Å². The van der Waals surface area contributed by atoms with Crippen LogP contribution in [0.2, 0.25) is 0 Å². The molecule has 0 fully saturated rings. The molecule has 0 heterocycles. The summed E-state index contributed by atoms with van der Waals surface area (Å²) in [6.45, 7) is 16.0. The lowest BCUT2D eigenvalue weighted by molar-refractivity contribution is -0.367. The van der Waals surface area contributed by atoms with Gasteiger partial charge in [0.1, 0.15) is 0 Å². The fourth-order valence-corrected chi connectivity index (χ4v) is 2.97. The summed E-state index contributed by atoms with van der Waals surface area (Å²) in [5.41, 5.74) is 6.42. The van der Waals surface area contributed by atoms with Gasteiger partial charge in [0.15, 0.2) is 0 Å². The van der Waals surface area contributed by atoms with Gasteiger partial charge >= 0.3 is 0 Å². The van der Waals surface area contributed by atoms with Crippen molar-refractivity contribution in [1.82, 2.24) is 0 Å². The largest absolute Gasteiger partial charge is 0.323 e. The van der Waals surface area contributed by atoms with Gasteiger partial charge < -0.3 is 14.2 Å². The van der Waals surface area contributed by atoms with E-state index >= 15 is 0 Å². The van der Waals surface area contributed by atoms with Crippen molar-refractivity contribution in [3.05, 3.63) is 82.5 Å².